The highest BCUT2D eigenvalue weighted by atomic mass is 35.5. The van der Waals surface area contributed by atoms with Crippen LogP contribution in [0.15, 0.2) is 21.3 Å². The first kappa shape index (κ1) is 14.5. The number of nitrogens with zero attached hydrogens (tertiary/aromatic N) is 1. The molecule has 2 N–H and O–H groups in total. The second-order valence-electron chi connectivity index (χ2n) is 4.92. The molecule has 22 heavy (non-hydrogen) atoms. The molecule has 3 rings (SSSR count). The van der Waals surface area contributed by atoms with E-state index in [4.69, 9.17) is 16.0 Å². The van der Waals surface area contributed by atoms with Gasteiger partial charge in [0, 0.05) is 17.7 Å². The molecule has 2 aromatic heterocycles. The Balaban J connectivity index is 2.54. The minimum absolute atomic E-state index is 0.0268. The van der Waals surface area contributed by atoms with E-state index in [2.05, 4.69) is 0 Å². The van der Waals surface area contributed by atoms with Gasteiger partial charge in [0.1, 0.15) is 28.2 Å². The Labute approximate surface area is 129 Å². The fourth-order valence-corrected chi connectivity index (χ4v) is 2.77. The predicted octanol–water partition coefficient (Wildman–Crippen LogP) is 2.88. The maximum absolute atomic E-state index is 12.6. The van der Waals surface area contributed by atoms with Gasteiger partial charge in [-0.2, -0.15) is 0 Å². The van der Waals surface area contributed by atoms with Gasteiger partial charge in [0.15, 0.2) is 6.29 Å². The minimum atomic E-state index is -0.625. The number of hydrogen-bond acceptors (Lipinski definition) is 5. The molecule has 1 aromatic carbocycles. The summed E-state index contributed by atoms with van der Waals surface area (Å²) in [5.41, 5.74) is -0.310. The van der Waals surface area contributed by atoms with Crippen LogP contribution in [0.3, 0.4) is 0 Å². The van der Waals surface area contributed by atoms with E-state index >= 15 is 0 Å². The summed E-state index contributed by atoms with van der Waals surface area (Å²) in [6, 6.07) is 2.61. The van der Waals surface area contributed by atoms with Gasteiger partial charge >= 0.3 is 0 Å². The predicted molar refractivity (Wildman–Crippen MR) is 81.2 cm³/mol. The summed E-state index contributed by atoms with van der Waals surface area (Å²) < 4.78 is 6.49. The number of hydrogen-bond donors (Lipinski definition) is 2. The van der Waals surface area contributed by atoms with E-state index in [9.17, 15) is 19.8 Å². The fourth-order valence-electron chi connectivity index (χ4n) is 2.55. The first-order valence-electron chi connectivity index (χ1n) is 6.66. The normalized spacial score (nSPS) is 11.4. The number of carbonyl (C=O) groups is 1. The maximum Gasteiger partial charge on any atom is 0.272 e. The van der Waals surface area contributed by atoms with Gasteiger partial charge in [-0.1, -0.05) is 24.9 Å². The number of aromatic nitrogens is 1. The van der Waals surface area contributed by atoms with Crippen molar-refractivity contribution in [2.75, 3.05) is 0 Å². The monoisotopic (exact) mass is 321 g/mol. The van der Waals surface area contributed by atoms with Crippen molar-refractivity contribution in [1.29, 1.82) is 0 Å². The smallest absolute Gasteiger partial charge is 0.272 e. The summed E-state index contributed by atoms with van der Waals surface area (Å²) >= 11 is 5.90. The van der Waals surface area contributed by atoms with E-state index in [0.29, 0.717) is 19.1 Å². The first-order valence-corrected chi connectivity index (χ1v) is 7.04. The van der Waals surface area contributed by atoms with Crippen LogP contribution in [-0.4, -0.2) is 20.9 Å². The van der Waals surface area contributed by atoms with E-state index in [1.165, 1.54) is 12.1 Å². The largest absolute Gasteiger partial charge is 0.507 e. The fraction of sp³-hybridized carbons (Fsp3) is 0.200. The van der Waals surface area contributed by atoms with E-state index in [1.54, 1.807) is 0 Å². The van der Waals surface area contributed by atoms with E-state index < -0.39 is 5.56 Å². The van der Waals surface area contributed by atoms with Gasteiger partial charge in [-0.15, -0.1) is 0 Å². The van der Waals surface area contributed by atoms with Crippen LogP contribution in [0, 0.1) is 0 Å². The van der Waals surface area contributed by atoms with Gasteiger partial charge in [-0.25, -0.2) is 4.40 Å². The minimum Gasteiger partial charge on any atom is -0.507 e. The summed E-state index contributed by atoms with van der Waals surface area (Å²) in [6.07, 6.45) is 1.52. The van der Waals surface area contributed by atoms with Crippen LogP contribution in [0.1, 0.15) is 29.4 Å². The van der Waals surface area contributed by atoms with Crippen LogP contribution in [0.2, 0.25) is 5.02 Å². The van der Waals surface area contributed by atoms with E-state index in [0.717, 1.165) is 4.40 Å². The highest BCUT2D eigenvalue weighted by molar-refractivity contribution is 6.33. The number of phenolic OH excluding ortho intramolecular Hbond substituents is 2. The number of aromatic hydroxyl groups is 2. The lowest BCUT2D eigenvalue weighted by molar-refractivity contribution is 0.111. The Morgan fingerprint density at radius 1 is 1.36 bits per heavy atom. The highest BCUT2D eigenvalue weighted by Gasteiger charge is 2.20. The summed E-state index contributed by atoms with van der Waals surface area (Å²) in [4.78, 5) is 23.7. The standard InChI is InChI=1S/C15H12ClNO5/c1-2-3-7-10(19)5-11-13(14(7)20)15(21)17-9(6-18)8(16)4-12(17)22-11/h4-6,19-20H,2-3H2,1H3. The van der Waals surface area contributed by atoms with Crippen molar-refractivity contribution in [3.05, 3.63) is 38.8 Å². The molecule has 6 nitrogen and oxygen atoms in total. The molecule has 0 amide bonds. The molecule has 7 heteroatoms. The molecule has 0 atom stereocenters. The molecule has 3 aromatic rings. The number of halogens is 1. The van der Waals surface area contributed by atoms with Crippen LogP contribution in [-0.2, 0) is 6.42 Å². The van der Waals surface area contributed by atoms with Crippen molar-refractivity contribution < 1.29 is 19.4 Å². The van der Waals surface area contributed by atoms with Gasteiger partial charge in [-0.05, 0) is 6.42 Å². The Hall–Kier alpha value is -2.47. The molecular weight excluding hydrogens is 310 g/mol. The molecule has 0 bridgehead atoms. The SMILES string of the molecule is CCCc1c(O)cc2oc3cc(Cl)c(C=O)n3c(=O)c2c1O. The molecule has 0 aliphatic carbocycles. The van der Waals surface area contributed by atoms with E-state index in [-0.39, 0.29) is 44.5 Å². The van der Waals surface area contributed by atoms with Gasteiger partial charge in [-0.3, -0.25) is 9.59 Å². The molecule has 0 unspecified atom stereocenters. The Kier molecular flexibility index (Phi) is 3.33. The van der Waals surface area contributed by atoms with Crippen LogP contribution in [0.25, 0.3) is 16.7 Å². The van der Waals surface area contributed by atoms with Crippen molar-refractivity contribution in [2.45, 2.75) is 19.8 Å². The number of rotatable bonds is 3. The van der Waals surface area contributed by atoms with Crippen molar-refractivity contribution in [1.82, 2.24) is 4.40 Å². The molecule has 2 heterocycles. The van der Waals surface area contributed by atoms with Gasteiger partial charge in [0.25, 0.3) is 5.56 Å². The first-order chi connectivity index (χ1) is 10.5. The average Bonchev–Trinajstić information content (AvgIpc) is 2.78. The van der Waals surface area contributed by atoms with Crippen molar-refractivity contribution in [3.8, 4) is 11.5 Å². The number of fused-ring (bicyclic) bond motifs is 2. The average molecular weight is 322 g/mol. The Morgan fingerprint density at radius 3 is 2.73 bits per heavy atom. The quantitative estimate of drug-likeness (QED) is 0.724. The topological polar surface area (TPSA) is 92.2 Å². The molecule has 0 spiro atoms. The molecule has 0 aliphatic rings. The lowest BCUT2D eigenvalue weighted by Gasteiger charge is -2.09. The third-order valence-electron chi connectivity index (χ3n) is 3.55. The molecule has 0 saturated carbocycles. The van der Waals surface area contributed by atoms with Crippen molar-refractivity contribution >= 4 is 34.6 Å². The maximum atomic E-state index is 12.6. The summed E-state index contributed by atoms with van der Waals surface area (Å²) in [5.74, 6) is -0.484. The second kappa shape index (κ2) is 5.06. The van der Waals surface area contributed by atoms with Gasteiger partial charge in [0.05, 0.1) is 5.02 Å². The third kappa shape index (κ3) is 1.88. The lowest BCUT2D eigenvalue weighted by Crippen LogP contribution is -2.15. The molecule has 0 saturated heterocycles. The Bertz CT molecular complexity index is 970. The molecular formula is C15H12ClNO5. The van der Waals surface area contributed by atoms with Crippen LogP contribution in [0.5, 0.6) is 11.5 Å². The van der Waals surface area contributed by atoms with Crippen LogP contribution < -0.4 is 5.56 Å². The van der Waals surface area contributed by atoms with E-state index in [1.807, 2.05) is 6.92 Å². The summed E-state index contributed by atoms with van der Waals surface area (Å²) in [6.45, 7) is 1.88. The third-order valence-corrected chi connectivity index (χ3v) is 3.85. The van der Waals surface area contributed by atoms with Crippen molar-refractivity contribution in [3.63, 3.8) is 0 Å². The lowest BCUT2D eigenvalue weighted by atomic mass is 10.0. The highest BCUT2D eigenvalue weighted by Crippen LogP contribution is 2.35. The number of aldehydes is 1. The van der Waals surface area contributed by atoms with Gasteiger partial charge < -0.3 is 14.6 Å². The zero-order valence-electron chi connectivity index (χ0n) is 11.6. The van der Waals surface area contributed by atoms with Crippen LogP contribution >= 0.6 is 11.6 Å². The molecule has 0 radical (unpaired) electrons. The summed E-state index contributed by atoms with van der Waals surface area (Å²) in [7, 11) is 0. The van der Waals surface area contributed by atoms with Crippen molar-refractivity contribution in [2.24, 2.45) is 0 Å². The number of carbonyl (C=O) groups excluding carboxylic acids is 1. The summed E-state index contributed by atoms with van der Waals surface area (Å²) in [5, 5.41) is 20.3. The van der Waals surface area contributed by atoms with Crippen LogP contribution in [0.4, 0.5) is 0 Å². The zero-order chi connectivity index (χ0) is 16.0. The van der Waals surface area contributed by atoms with Gasteiger partial charge in [0.2, 0.25) is 5.71 Å². The molecule has 0 aliphatic heterocycles. The number of benzene rings is 1. The second-order valence-corrected chi connectivity index (χ2v) is 5.33. The molecule has 114 valence electrons. The Morgan fingerprint density at radius 2 is 2.09 bits per heavy atom. The zero-order valence-corrected chi connectivity index (χ0v) is 12.3. The number of phenols is 2. The molecule has 0 fully saturated rings.